The minimum Gasteiger partial charge on any atom is -0.477 e. The van der Waals surface area contributed by atoms with Crippen LogP contribution < -0.4 is 5.32 Å². The molecule has 0 aliphatic carbocycles. The lowest BCUT2D eigenvalue weighted by Gasteiger charge is -2.08. The van der Waals surface area contributed by atoms with Gasteiger partial charge in [0.1, 0.15) is 5.69 Å². The molecule has 0 bridgehead atoms. The number of aromatic carboxylic acids is 1. The summed E-state index contributed by atoms with van der Waals surface area (Å²) < 4.78 is 0. The number of carbonyl (C=O) groups is 1. The zero-order chi connectivity index (χ0) is 14.4. The van der Waals surface area contributed by atoms with Crippen LogP contribution in [0.3, 0.4) is 0 Å². The van der Waals surface area contributed by atoms with Crippen molar-refractivity contribution in [3.05, 3.63) is 59.2 Å². The maximum absolute atomic E-state index is 10.8. The first kappa shape index (κ1) is 14.1. The maximum Gasteiger partial charge on any atom is 0.354 e. The maximum atomic E-state index is 10.8. The van der Waals surface area contributed by atoms with Gasteiger partial charge in [0, 0.05) is 19.3 Å². The lowest BCUT2D eigenvalue weighted by Crippen LogP contribution is -2.16. The van der Waals surface area contributed by atoms with Gasteiger partial charge in [-0.3, -0.25) is 4.98 Å². The number of aryl methyl sites for hydroxylation is 1. The second kappa shape index (κ2) is 6.77. The van der Waals surface area contributed by atoms with E-state index in [1.54, 1.807) is 18.3 Å². The largest absolute Gasteiger partial charge is 0.477 e. The van der Waals surface area contributed by atoms with E-state index >= 15 is 0 Å². The van der Waals surface area contributed by atoms with Crippen LogP contribution in [0.1, 0.15) is 34.4 Å². The van der Waals surface area contributed by atoms with E-state index in [1.165, 1.54) is 11.6 Å². The SMILES string of the molecule is CCc1cccnc1CNCc1cccc(C(=O)O)n1. The van der Waals surface area contributed by atoms with E-state index in [9.17, 15) is 4.79 Å². The van der Waals surface area contributed by atoms with Crippen LogP contribution in [0.4, 0.5) is 0 Å². The van der Waals surface area contributed by atoms with E-state index in [0.717, 1.165) is 12.1 Å². The Morgan fingerprint density at radius 3 is 2.85 bits per heavy atom. The van der Waals surface area contributed by atoms with E-state index < -0.39 is 5.97 Å². The van der Waals surface area contributed by atoms with Gasteiger partial charge in [-0.1, -0.05) is 19.1 Å². The van der Waals surface area contributed by atoms with Gasteiger partial charge in [-0.2, -0.15) is 0 Å². The molecule has 0 aliphatic rings. The van der Waals surface area contributed by atoms with Crippen molar-refractivity contribution in [3.8, 4) is 0 Å². The molecule has 0 unspecified atom stereocenters. The number of carboxylic acid groups (broad SMARTS) is 1. The minimum atomic E-state index is -1.01. The van der Waals surface area contributed by atoms with Gasteiger partial charge in [-0.25, -0.2) is 9.78 Å². The van der Waals surface area contributed by atoms with Crippen LogP contribution >= 0.6 is 0 Å². The first-order valence-corrected chi connectivity index (χ1v) is 6.53. The standard InChI is InChI=1S/C15H17N3O2/c1-2-11-5-4-8-17-14(11)10-16-9-12-6-3-7-13(18-12)15(19)20/h3-8,16H,2,9-10H2,1H3,(H,19,20). The number of hydrogen-bond acceptors (Lipinski definition) is 4. The Kier molecular flexibility index (Phi) is 4.79. The fraction of sp³-hybridized carbons (Fsp3) is 0.267. The van der Waals surface area contributed by atoms with E-state index in [4.69, 9.17) is 5.11 Å². The van der Waals surface area contributed by atoms with Gasteiger partial charge in [0.05, 0.1) is 11.4 Å². The Morgan fingerprint density at radius 1 is 1.25 bits per heavy atom. The van der Waals surface area contributed by atoms with Crippen molar-refractivity contribution in [1.29, 1.82) is 0 Å². The first-order chi connectivity index (χ1) is 9.70. The summed E-state index contributed by atoms with van der Waals surface area (Å²) in [6.45, 7) is 3.25. The van der Waals surface area contributed by atoms with Crippen LogP contribution in [0.5, 0.6) is 0 Å². The van der Waals surface area contributed by atoms with Crippen LogP contribution in [-0.4, -0.2) is 21.0 Å². The molecule has 2 aromatic heterocycles. The molecule has 0 amide bonds. The van der Waals surface area contributed by atoms with Crippen molar-refractivity contribution < 1.29 is 9.90 Å². The average Bonchev–Trinajstić information content (AvgIpc) is 2.48. The number of nitrogens with one attached hydrogen (secondary N) is 1. The Morgan fingerprint density at radius 2 is 2.10 bits per heavy atom. The fourth-order valence-electron chi connectivity index (χ4n) is 1.96. The average molecular weight is 271 g/mol. The molecule has 104 valence electrons. The van der Waals surface area contributed by atoms with E-state index in [0.29, 0.717) is 18.8 Å². The summed E-state index contributed by atoms with van der Waals surface area (Å²) in [5.74, 6) is -1.01. The van der Waals surface area contributed by atoms with Gasteiger partial charge in [-0.05, 0) is 30.2 Å². The van der Waals surface area contributed by atoms with Crippen LogP contribution in [0.2, 0.25) is 0 Å². The molecule has 0 aliphatic heterocycles. The van der Waals surface area contributed by atoms with E-state index in [-0.39, 0.29) is 5.69 Å². The van der Waals surface area contributed by atoms with Gasteiger partial charge in [0.2, 0.25) is 0 Å². The quantitative estimate of drug-likeness (QED) is 0.840. The monoisotopic (exact) mass is 271 g/mol. The number of rotatable bonds is 6. The highest BCUT2D eigenvalue weighted by Crippen LogP contribution is 2.06. The summed E-state index contributed by atoms with van der Waals surface area (Å²) in [6.07, 6.45) is 2.72. The van der Waals surface area contributed by atoms with Crippen molar-refractivity contribution in [3.63, 3.8) is 0 Å². The smallest absolute Gasteiger partial charge is 0.354 e. The molecule has 0 aromatic carbocycles. The third-order valence-corrected chi connectivity index (χ3v) is 2.99. The van der Waals surface area contributed by atoms with Crippen molar-refractivity contribution in [2.75, 3.05) is 0 Å². The van der Waals surface area contributed by atoms with Crippen molar-refractivity contribution in [2.24, 2.45) is 0 Å². The molecule has 2 rings (SSSR count). The van der Waals surface area contributed by atoms with Crippen LogP contribution in [0.25, 0.3) is 0 Å². The molecule has 0 fully saturated rings. The molecule has 5 heteroatoms. The Balaban J connectivity index is 1.96. The van der Waals surface area contributed by atoms with Gasteiger partial charge in [0.15, 0.2) is 0 Å². The topological polar surface area (TPSA) is 75.1 Å². The van der Waals surface area contributed by atoms with Crippen LogP contribution in [-0.2, 0) is 19.5 Å². The molecule has 0 saturated heterocycles. The number of carboxylic acids is 1. The van der Waals surface area contributed by atoms with Crippen LogP contribution in [0, 0.1) is 0 Å². The Hall–Kier alpha value is -2.27. The lowest BCUT2D eigenvalue weighted by molar-refractivity contribution is 0.0690. The fourth-order valence-corrected chi connectivity index (χ4v) is 1.96. The highest BCUT2D eigenvalue weighted by atomic mass is 16.4. The van der Waals surface area contributed by atoms with Gasteiger partial charge < -0.3 is 10.4 Å². The van der Waals surface area contributed by atoms with Crippen LogP contribution in [0.15, 0.2) is 36.5 Å². The second-order valence-electron chi connectivity index (χ2n) is 4.39. The number of pyridine rings is 2. The lowest BCUT2D eigenvalue weighted by atomic mass is 10.1. The molecular weight excluding hydrogens is 254 g/mol. The first-order valence-electron chi connectivity index (χ1n) is 6.53. The third kappa shape index (κ3) is 3.61. The number of aromatic nitrogens is 2. The highest BCUT2D eigenvalue weighted by molar-refractivity contribution is 5.85. The minimum absolute atomic E-state index is 0.0661. The van der Waals surface area contributed by atoms with E-state index in [2.05, 4.69) is 28.3 Å². The summed E-state index contributed by atoms with van der Waals surface area (Å²) >= 11 is 0. The summed E-state index contributed by atoms with van der Waals surface area (Å²) in [7, 11) is 0. The molecule has 0 radical (unpaired) electrons. The normalized spacial score (nSPS) is 10.4. The molecule has 5 nitrogen and oxygen atoms in total. The highest BCUT2D eigenvalue weighted by Gasteiger charge is 2.05. The molecular formula is C15H17N3O2. The molecule has 2 heterocycles. The zero-order valence-electron chi connectivity index (χ0n) is 11.3. The predicted octanol–water partition coefficient (Wildman–Crippen LogP) is 2.03. The molecule has 0 atom stereocenters. The molecule has 0 saturated carbocycles. The summed E-state index contributed by atoms with van der Waals surface area (Å²) in [4.78, 5) is 19.3. The van der Waals surface area contributed by atoms with Crippen molar-refractivity contribution in [1.82, 2.24) is 15.3 Å². The van der Waals surface area contributed by atoms with Crippen molar-refractivity contribution >= 4 is 5.97 Å². The second-order valence-corrected chi connectivity index (χ2v) is 4.39. The van der Waals surface area contributed by atoms with Gasteiger partial charge in [0.25, 0.3) is 0 Å². The molecule has 2 N–H and O–H groups in total. The molecule has 2 aromatic rings. The zero-order valence-corrected chi connectivity index (χ0v) is 11.3. The number of nitrogens with zero attached hydrogens (tertiary/aromatic N) is 2. The summed E-state index contributed by atoms with van der Waals surface area (Å²) in [6, 6.07) is 8.98. The third-order valence-electron chi connectivity index (χ3n) is 2.99. The van der Waals surface area contributed by atoms with Gasteiger partial charge in [-0.15, -0.1) is 0 Å². The molecule has 20 heavy (non-hydrogen) atoms. The van der Waals surface area contributed by atoms with Crippen molar-refractivity contribution in [2.45, 2.75) is 26.4 Å². The van der Waals surface area contributed by atoms with E-state index in [1.807, 2.05) is 6.07 Å². The Bertz CT molecular complexity index is 599. The predicted molar refractivity (Wildman–Crippen MR) is 75.4 cm³/mol. The summed E-state index contributed by atoms with van der Waals surface area (Å²) in [5, 5.41) is 12.1. The number of hydrogen-bond donors (Lipinski definition) is 2. The van der Waals surface area contributed by atoms with Gasteiger partial charge >= 0.3 is 5.97 Å². The Labute approximate surface area is 117 Å². The summed E-state index contributed by atoms with van der Waals surface area (Å²) in [5.41, 5.74) is 3.01. The molecule has 0 spiro atoms.